The molecule has 0 spiro atoms. The Morgan fingerprint density at radius 1 is 1.03 bits per heavy atom. The third kappa shape index (κ3) is 5.78. The summed E-state index contributed by atoms with van der Waals surface area (Å²) in [5, 5.41) is 23.5. The number of nitrogens with one attached hydrogen (secondary N) is 1. The van der Waals surface area contributed by atoms with Crippen LogP contribution in [0.1, 0.15) is 22.6 Å². The number of hydrogen-bond acceptors (Lipinski definition) is 9. The van der Waals surface area contributed by atoms with Crippen LogP contribution in [0.15, 0.2) is 73.1 Å². The number of aryl methyl sites for hydroxylation is 2. The van der Waals surface area contributed by atoms with Crippen molar-refractivity contribution in [3.05, 3.63) is 95.7 Å². The van der Waals surface area contributed by atoms with Crippen molar-refractivity contribution in [1.82, 2.24) is 35.2 Å². The second kappa shape index (κ2) is 10.8. The molecule has 4 heterocycles. The van der Waals surface area contributed by atoms with Crippen LogP contribution in [-0.2, 0) is 17.8 Å². The molecule has 5 aromatic rings. The number of benzene rings is 1. The van der Waals surface area contributed by atoms with E-state index in [0.29, 0.717) is 35.3 Å². The summed E-state index contributed by atoms with van der Waals surface area (Å²) in [5.74, 6) is 1.30. The first-order chi connectivity index (χ1) is 18.4. The van der Waals surface area contributed by atoms with Gasteiger partial charge in [0.15, 0.2) is 11.6 Å². The fourth-order valence-corrected chi connectivity index (χ4v) is 3.75. The Kier molecular flexibility index (Phi) is 6.98. The summed E-state index contributed by atoms with van der Waals surface area (Å²) in [7, 11) is 0. The number of anilines is 2. The summed E-state index contributed by atoms with van der Waals surface area (Å²) < 4.78 is 7.52. The van der Waals surface area contributed by atoms with Gasteiger partial charge < -0.3 is 15.2 Å². The molecule has 11 heteroatoms. The van der Waals surface area contributed by atoms with Gasteiger partial charge in [0.2, 0.25) is 0 Å². The molecule has 0 aliphatic heterocycles. The molecule has 0 saturated carbocycles. The van der Waals surface area contributed by atoms with Crippen molar-refractivity contribution in [2.24, 2.45) is 0 Å². The summed E-state index contributed by atoms with van der Waals surface area (Å²) >= 11 is 0. The fraction of sp³-hybridized carbons (Fsp3) is 0.148. The zero-order chi connectivity index (χ0) is 26.5. The Balaban J connectivity index is 1.31. The number of hydrogen-bond donors (Lipinski definition) is 2. The van der Waals surface area contributed by atoms with Gasteiger partial charge in [0.1, 0.15) is 23.8 Å². The highest BCUT2D eigenvalue weighted by Crippen LogP contribution is 2.33. The second-order valence-electron chi connectivity index (χ2n) is 8.58. The highest BCUT2D eigenvalue weighted by molar-refractivity contribution is 5.66. The van der Waals surface area contributed by atoms with E-state index in [1.165, 1.54) is 4.68 Å². The fourth-order valence-electron chi connectivity index (χ4n) is 3.75. The van der Waals surface area contributed by atoms with E-state index in [1.807, 2.05) is 68.4 Å². The lowest BCUT2D eigenvalue weighted by molar-refractivity contribution is -0.138. The van der Waals surface area contributed by atoms with Crippen molar-refractivity contribution < 1.29 is 14.6 Å². The van der Waals surface area contributed by atoms with Gasteiger partial charge in [-0.3, -0.25) is 9.78 Å². The molecule has 0 atom stereocenters. The molecule has 0 saturated heterocycles. The van der Waals surface area contributed by atoms with Crippen LogP contribution in [0, 0.1) is 13.8 Å². The number of pyridine rings is 3. The van der Waals surface area contributed by atoms with Crippen LogP contribution in [0.3, 0.4) is 0 Å². The van der Waals surface area contributed by atoms with E-state index in [1.54, 1.807) is 18.5 Å². The average molecular weight is 509 g/mol. The first-order valence-corrected chi connectivity index (χ1v) is 11.8. The number of ether oxygens (including phenoxy) is 1. The molecule has 0 fully saturated rings. The van der Waals surface area contributed by atoms with Crippen LogP contribution in [0.4, 0.5) is 11.5 Å². The van der Waals surface area contributed by atoms with Gasteiger partial charge in [-0.25, -0.2) is 14.6 Å². The maximum Gasteiger partial charge on any atom is 0.325 e. The van der Waals surface area contributed by atoms with Crippen LogP contribution >= 0.6 is 0 Å². The molecular weight excluding hydrogens is 484 g/mol. The maximum absolute atomic E-state index is 11.0. The van der Waals surface area contributed by atoms with Crippen LogP contribution in [-0.4, -0.2) is 46.2 Å². The van der Waals surface area contributed by atoms with Crippen molar-refractivity contribution in [1.29, 1.82) is 0 Å². The molecular formula is C27H24N8O3. The van der Waals surface area contributed by atoms with E-state index >= 15 is 0 Å². The van der Waals surface area contributed by atoms with Gasteiger partial charge in [0.25, 0.3) is 0 Å². The summed E-state index contributed by atoms with van der Waals surface area (Å²) in [6.45, 7) is 3.67. The van der Waals surface area contributed by atoms with Crippen molar-refractivity contribution in [3.63, 3.8) is 0 Å². The number of aliphatic carboxylic acids is 1. The third-order valence-electron chi connectivity index (χ3n) is 5.78. The van der Waals surface area contributed by atoms with Crippen molar-refractivity contribution >= 4 is 17.5 Å². The number of nitrogens with zero attached hydrogens (tertiary/aromatic N) is 7. The molecule has 0 aliphatic rings. The van der Waals surface area contributed by atoms with Gasteiger partial charge in [0.05, 0.1) is 5.69 Å². The largest absolute Gasteiger partial charge is 0.480 e. The van der Waals surface area contributed by atoms with Gasteiger partial charge >= 0.3 is 5.97 Å². The van der Waals surface area contributed by atoms with Gasteiger partial charge in [-0.2, -0.15) is 0 Å². The molecule has 2 N–H and O–H groups in total. The minimum absolute atomic E-state index is 0.284. The average Bonchev–Trinajstić information content (AvgIpc) is 3.33. The normalized spacial score (nSPS) is 10.8. The first kappa shape index (κ1) is 24.5. The molecule has 0 unspecified atom stereocenters. The quantitative estimate of drug-likeness (QED) is 0.295. The smallest absolute Gasteiger partial charge is 0.325 e. The third-order valence-corrected chi connectivity index (χ3v) is 5.78. The number of carbonyl (C=O) groups is 1. The maximum atomic E-state index is 11.0. The lowest BCUT2D eigenvalue weighted by Crippen LogP contribution is -2.13. The van der Waals surface area contributed by atoms with E-state index in [0.717, 1.165) is 28.2 Å². The minimum Gasteiger partial charge on any atom is -0.480 e. The molecule has 4 aromatic heterocycles. The van der Waals surface area contributed by atoms with Crippen LogP contribution in [0.5, 0.6) is 11.5 Å². The SMILES string of the molecule is Cc1cc(Oc2ccnc(Nc3ccc(Cc4nnnn4CC(=O)O)cc3)c2)c(-c2ccccn2)nc1C. The zero-order valence-electron chi connectivity index (χ0n) is 20.7. The first-order valence-electron chi connectivity index (χ1n) is 11.8. The summed E-state index contributed by atoms with van der Waals surface area (Å²) in [4.78, 5) is 24.5. The van der Waals surface area contributed by atoms with E-state index in [9.17, 15) is 4.79 Å². The molecule has 190 valence electrons. The Hall–Kier alpha value is -5.19. The lowest BCUT2D eigenvalue weighted by Gasteiger charge is -2.14. The molecule has 38 heavy (non-hydrogen) atoms. The molecule has 11 nitrogen and oxygen atoms in total. The Labute approximate surface area is 218 Å². The number of aromatic nitrogens is 7. The molecule has 0 aliphatic carbocycles. The van der Waals surface area contributed by atoms with E-state index in [2.05, 4.69) is 30.8 Å². The standard InChI is InChI=1S/C27H24N8O3/c1-17-13-23(27(30-18(17)2)22-5-3-4-11-28-22)38-21-10-12-29-24(15-21)31-20-8-6-19(7-9-20)14-25-32-33-34-35(25)16-26(36)37/h3-13,15H,14,16H2,1-2H3,(H,29,31)(H,36,37). The molecule has 1 aromatic carbocycles. The van der Waals surface area contributed by atoms with Crippen LogP contribution in [0.25, 0.3) is 11.4 Å². The number of tetrazole rings is 1. The predicted octanol–water partition coefficient (Wildman–Crippen LogP) is 4.35. The monoisotopic (exact) mass is 508 g/mol. The topological polar surface area (TPSA) is 141 Å². The highest BCUT2D eigenvalue weighted by Gasteiger charge is 2.14. The van der Waals surface area contributed by atoms with E-state index < -0.39 is 5.97 Å². The molecule has 0 radical (unpaired) electrons. The Bertz CT molecular complexity index is 1570. The Morgan fingerprint density at radius 2 is 1.87 bits per heavy atom. The summed E-state index contributed by atoms with van der Waals surface area (Å²) in [6.07, 6.45) is 3.81. The summed E-state index contributed by atoms with van der Waals surface area (Å²) in [6, 6.07) is 18.9. The van der Waals surface area contributed by atoms with Crippen LogP contribution < -0.4 is 10.1 Å². The number of carboxylic acids is 1. The van der Waals surface area contributed by atoms with E-state index in [4.69, 9.17) is 14.8 Å². The second-order valence-corrected chi connectivity index (χ2v) is 8.58. The molecule has 5 rings (SSSR count). The molecule has 0 amide bonds. The van der Waals surface area contributed by atoms with Crippen molar-refractivity contribution in [2.45, 2.75) is 26.8 Å². The van der Waals surface area contributed by atoms with E-state index in [-0.39, 0.29) is 6.54 Å². The highest BCUT2D eigenvalue weighted by atomic mass is 16.5. The molecule has 0 bridgehead atoms. The predicted molar refractivity (Wildman–Crippen MR) is 139 cm³/mol. The van der Waals surface area contributed by atoms with Crippen molar-refractivity contribution in [3.8, 4) is 22.9 Å². The number of carboxylic acid groups (broad SMARTS) is 1. The van der Waals surface area contributed by atoms with Crippen molar-refractivity contribution in [2.75, 3.05) is 5.32 Å². The number of rotatable bonds is 9. The van der Waals surface area contributed by atoms with Gasteiger partial charge in [-0.1, -0.05) is 18.2 Å². The minimum atomic E-state index is -1.00. The Morgan fingerprint density at radius 3 is 2.63 bits per heavy atom. The van der Waals surface area contributed by atoms with Gasteiger partial charge in [0, 0.05) is 36.3 Å². The summed E-state index contributed by atoms with van der Waals surface area (Å²) in [5.41, 5.74) is 5.10. The van der Waals surface area contributed by atoms with Gasteiger partial charge in [-0.05, 0) is 71.8 Å². The van der Waals surface area contributed by atoms with Gasteiger partial charge in [-0.15, -0.1) is 5.10 Å². The lowest BCUT2D eigenvalue weighted by atomic mass is 10.1. The zero-order valence-corrected chi connectivity index (χ0v) is 20.7. The van der Waals surface area contributed by atoms with Crippen LogP contribution in [0.2, 0.25) is 0 Å².